The molecule has 1 saturated heterocycles. The third-order valence-electron chi connectivity index (χ3n) is 4.14. The number of piperazine rings is 1. The van der Waals surface area contributed by atoms with Crippen LogP contribution in [-0.4, -0.2) is 60.6 Å². The van der Waals surface area contributed by atoms with Crippen LogP contribution in [0.1, 0.15) is 13.8 Å². The Kier molecular flexibility index (Phi) is 5.84. The highest BCUT2D eigenvalue weighted by Crippen LogP contribution is 2.21. The highest BCUT2D eigenvalue weighted by molar-refractivity contribution is 9.10. The van der Waals surface area contributed by atoms with Crippen LogP contribution in [0.4, 0.5) is 11.5 Å². The minimum Gasteiger partial charge on any atom is -0.396 e. The molecule has 1 unspecified atom stereocenters. The van der Waals surface area contributed by atoms with E-state index in [1.54, 1.807) is 6.20 Å². The van der Waals surface area contributed by atoms with Gasteiger partial charge in [0, 0.05) is 49.4 Å². The zero-order valence-electron chi connectivity index (χ0n) is 13.1. The van der Waals surface area contributed by atoms with Crippen LogP contribution in [0.15, 0.2) is 16.7 Å². The quantitative estimate of drug-likeness (QED) is 0.846. The Morgan fingerprint density at radius 3 is 2.57 bits per heavy atom. The maximum atomic E-state index is 6.01. The Balaban J connectivity index is 1.97. The van der Waals surface area contributed by atoms with E-state index in [0.717, 1.165) is 43.0 Å². The minimum absolute atomic E-state index is 0.503. The van der Waals surface area contributed by atoms with Crippen LogP contribution in [-0.2, 0) is 0 Å². The van der Waals surface area contributed by atoms with Gasteiger partial charge in [-0.1, -0.05) is 13.8 Å². The normalized spacial score (nSPS) is 18.9. The van der Waals surface area contributed by atoms with Gasteiger partial charge in [-0.15, -0.1) is 0 Å². The summed E-state index contributed by atoms with van der Waals surface area (Å²) in [7, 11) is 2.19. The number of nitrogens with two attached hydrogens (primary N) is 1. The Morgan fingerprint density at radius 2 is 2.00 bits per heavy atom. The number of aromatic nitrogens is 1. The molecule has 1 aliphatic rings. The van der Waals surface area contributed by atoms with Crippen molar-refractivity contribution in [2.24, 2.45) is 5.92 Å². The van der Waals surface area contributed by atoms with Gasteiger partial charge in [-0.2, -0.15) is 0 Å². The van der Waals surface area contributed by atoms with E-state index < -0.39 is 0 Å². The molecule has 2 heterocycles. The van der Waals surface area contributed by atoms with Crippen LogP contribution in [0.2, 0.25) is 0 Å². The van der Waals surface area contributed by atoms with E-state index in [9.17, 15) is 0 Å². The number of pyridine rings is 1. The number of nitrogens with one attached hydrogen (secondary N) is 1. The van der Waals surface area contributed by atoms with Crippen molar-refractivity contribution in [3.63, 3.8) is 0 Å². The van der Waals surface area contributed by atoms with Crippen molar-refractivity contribution in [1.82, 2.24) is 14.8 Å². The van der Waals surface area contributed by atoms with Crippen molar-refractivity contribution in [1.29, 1.82) is 0 Å². The van der Waals surface area contributed by atoms with E-state index in [1.165, 1.54) is 0 Å². The molecular formula is C15H26BrN5. The van der Waals surface area contributed by atoms with E-state index >= 15 is 0 Å². The third-order valence-corrected chi connectivity index (χ3v) is 4.57. The summed E-state index contributed by atoms with van der Waals surface area (Å²) in [6.45, 7) is 9.98. The van der Waals surface area contributed by atoms with Crippen LogP contribution in [0, 0.1) is 5.92 Å². The molecule has 21 heavy (non-hydrogen) atoms. The number of nitrogen functional groups attached to an aromatic ring is 1. The molecule has 3 N–H and O–H groups in total. The Morgan fingerprint density at radius 1 is 1.33 bits per heavy atom. The number of hydrogen-bond donors (Lipinski definition) is 2. The summed E-state index contributed by atoms with van der Waals surface area (Å²) in [6.07, 6.45) is 1.78. The van der Waals surface area contributed by atoms with Gasteiger partial charge < -0.3 is 16.0 Å². The van der Waals surface area contributed by atoms with Crippen LogP contribution >= 0.6 is 15.9 Å². The molecule has 6 heteroatoms. The first kappa shape index (κ1) is 16.5. The number of halogens is 1. The molecule has 2 rings (SSSR count). The Bertz CT molecular complexity index is 457. The lowest BCUT2D eigenvalue weighted by Crippen LogP contribution is -2.52. The van der Waals surface area contributed by atoms with E-state index in [0.29, 0.717) is 17.6 Å². The van der Waals surface area contributed by atoms with Crippen molar-refractivity contribution in [2.75, 3.05) is 50.8 Å². The number of hydrogen-bond acceptors (Lipinski definition) is 5. The first-order valence-corrected chi connectivity index (χ1v) is 8.34. The van der Waals surface area contributed by atoms with Crippen LogP contribution in [0.25, 0.3) is 0 Å². The van der Waals surface area contributed by atoms with Gasteiger partial charge in [0.2, 0.25) is 0 Å². The van der Waals surface area contributed by atoms with Crippen molar-refractivity contribution in [3.05, 3.63) is 16.7 Å². The zero-order valence-corrected chi connectivity index (χ0v) is 14.7. The molecule has 1 aromatic rings. The maximum absolute atomic E-state index is 6.01. The van der Waals surface area contributed by atoms with Crippen LogP contribution < -0.4 is 11.1 Å². The largest absolute Gasteiger partial charge is 0.396 e. The summed E-state index contributed by atoms with van der Waals surface area (Å²) < 4.78 is 0.907. The molecule has 0 amide bonds. The highest BCUT2D eigenvalue weighted by Gasteiger charge is 2.24. The van der Waals surface area contributed by atoms with Gasteiger partial charge in [0.1, 0.15) is 5.82 Å². The molecule has 1 atom stereocenters. The van der Waals surface area contributed by atoms with Gasteiger partial charge in [0.15, 0.2) is 0 Å². The summed E-state index contributed by atoms with van der Waals surface area (Å²) in [5, 5.41) is 3.42. The van der Waals surface area contributed by atoms with Crippen LogP contribution in [0.5, 0.6) is 0 Å². The lowest BCUT2D eigenvalue weighted by Gasteiger charge is -2.40. The minimum atomic E-state index is 0.503. The molecule has 0 aromatic carbocycles. The lowest BCUT2D eigenvalue weighted by atomic mass is 10.0. The molecule has 0 aliphatic carbocycles. The lowest BCUT2D eigenvalue weighted by molar-refractivity contribution is 0.0944. The second-order valence-corrected chi connectivity index (χ2v) is 7.04. The predicted molar refractivity (Wildman–Crippen MR) is 92.5 cm³/mol. The van der Waals surface area contributed by atoms with E-state index in [2.05, 4.69) is 56.9 Å². The van der Waals surface area contributed by atoms with Crippen molar-refractivity contribution >= 4 is 27.4 Å². The molecule has 0 radical (unpaired) electrons. The first-order chi connectivity index (χ1) is 9.97. The number of nitrogens with zero attached hydrogens (tertiary/aromatic N) is 3. The summed E-state index contributed by atoms with van der Waals surface area (Å²) in [5.74, 6) is 1.37. The average Bonchev–Trinajstić information content (AvgIpc) is 2.42. The molecule has 0 bridgehead atoms. The number of likely N-dealkylation sites (N-methyl/N-ethyl adjacent to an activating group) is 1. The van der Waals surface area contributed by atoms with E-state index in [1.807, 2.05) is 6.07 Å². The van der Waals surface area contributed by atoms with Crippen molar-refractivity contribution in [2.45, 2.75) is 19.9 Å². The average molecular weight is 356 g/mol. The number of rotatable bonds is 5. The van der Waals surface area contributed by atoms with Crippen molar-refractivity contribution < 1.29 is 0 Å². The topological polar surface area (TPSA) is 57.4 Å². The third kappa shape index (κ3) is 4.56. The fourth-order valence-corrected chi connectivity index (χ4v) is 3.09. The smallest absolute Gasteiger partial charge is 0.149 e. The zero-order chi connectivity index (χ0) is 15.4. The summed E-state index contributed by atoms with van der Waals surface area (Å²) in [5.41, 5.74) is 6.69. The first-order valence-electron chi connectivity index (χ1n) is 7.55. The summed E-state index contributed by atoms with van der Waals surface area (Å²) in [4.78, 5) is 9.32. The Labute approximate surface area is 136 Å². The molecule has 1 aromatic heterocycles. The SMILES string of the molecule is CC(C)C(CNc1ncc(Br)cc1N)N1CCN(C)CC1. The molecule has 5 nitrogen and oxygen atoms in total. The van der Waals surface area contributed by atoms with Crippen molar-refractivity contribution in [3.8, 4) is 0 Å². The number of anilines is 2. The van der Waals surface area contributed by atoms with Gasteiger partial charge >= 0.3 is 0 Å². The van der Waals surface area contributed by atoms with Gasteiger partial charge in [-0.25, -0.2) is 4.98 Å². The molecular weight excluding hydrogens is 330 g/mol. The highest BCUT2D eigenvalue weighted by atomic mass is 79.9. The summed E-state index contributed by atoms with van der Waals surface area (Å²) in [6, 6.07) is 2.39. The van der Waals surface area contributed by atoms with E-state index in [4.69, 9.17) is 5.73 Å². The second-order valence-electron chi connectivity index (χ2n) is 6.12. The van der Waals surface area contributed by atoms with Gasteiger partial charge in [0.05, 0.1) is 5.69 Å². The van der Waals surface area contributed by atoms with Gasteiger partial charge in [-0.3, -0.25) is 4.90 Å². The van der Waals surface area contributed by atoms with Crippen LogP contribution in [0.3, 0.4) is 0 Å². The van der Waals surface area contributed by atoms with Gasteiger partial charge in [0.25, 0.3) is 0 Å². The fraction of sp³-hybridized carbons (Fsp3) is 0.667. The fourth-order valence-electron chi connectivity index (χ4n) is 2.74. The second kappa shape index (κ2) is 7.42. The van der Waals surface area contributed by atoms with E-state index in [-0.39, 0.29) is 0 Å². The monoisotopic (exact) mass is 355 g/mol. The Hall–Kier alpha value is -0.850. The maximum Gasteiger partial charge on any atom is 0.149 e. The molecule has 0 spiro atoms. The predicted octanol–water partition coefficient (Wildman–Crippen LogP) is 2.11. The summed E-state index contributed by atoms with van der Waals surface area (Å²) >= 11 is 3.38. The molecule has 0 saturated carbocycles. The standard InChI is InChI=1S/C15H26BrN5/c1-11(2)14(21-6-4-20(3)5-7-21)10-19-15-13(17)8-12(16)9-18-15/h8-9,11,14H,4-7,10,17H2,1-3H3,(H,18,19). The molecule has 1 fully saturated rings. The molecule has 118 valence electrons. The molecule has 1 aliphatic heterocycles. The van der Waals surface area contributed by atoms with Gasteiger partial charge in [-0.05, 0) is 35.0 Å².